The van der Waals surface area contributed by atoms with Gasteiger partial charge in [-0.2, -0.15) is 0 Å². The predicted octanol–water partition coefficient (Wildman–Crippen LogP) is 15.3. The summed E-state index contributed by atoms with van der Waals surface area (Å²) in [5.74, 6) is 5.72. The number of aliphatic hydroxyl groups is 1. The number of methoxy groups -OCH3 is 4. The molecule has 0 aromatic carbocycles. The van der Waals surface area contributed by atoms with Gasteiger partial charge in [0.15, 0.2) is 0 Å². The lowest BCUT2D eigenvalue weighted by Gasteiger charge is -2.29. The van der Waals surface area contributed by atoms with Gasteiger partial charge >= 0.3 is 0 Å². The van der Waals surface area contributed by atoms with Crippen LogP contribution in [-0.2, 0) is 0 Å². The molecule has 0 bridgehead atoms. The van der Waals surface area contributed by atoms with Crippen LogP contribution in [0, 0.1) is 29.6 Å². The second kappa shape index (κ2) is 29.7. The number of pyridine rings is 4. The molecule has 16 rings (SSSR count). The number of azide groups is 1. The molecule has 12 heterocycles. The Morgan fingerprint density at radius 2 is 0.766 bits per heavy atom. The van der Waals surface area contributed by atoms with E-state index in [1.165, 1.54) is 114 Å². The van der Waals surface area contributed by atoms with E-state index < -0.39 is 0 Å². The molecular weight excluding hydrogens is 1180 g/mol. The van der Waals surface area contributed by atoms with Gasteiger partial charge in [0, 0.05) is 69.9 Å². The van der Waals surface area contributed by atoms with Crippen molar-refractivity contribution in [1.82, 2.24) is 58.1 Å². The fourth-order valence-corrected chi connectivity index (χ4v) is 17.0. The first kappa shape index (κ1) is 64.6. The maximum atomic E-state index is 10.8. The highest BCUT2D eigenvalue weighted by Crippen LogP contribution is 2.48. The third kappa shape index (κ3) is 13.5. The highest BCUT2D eigenvalue weighted by Gasteiger charge is 2.39. The van der Waals surface area contributed by atoms with E-state index in [9.17, 15) is 5.11 Å². The van der Waals surface area contributed by atoms with E-state index in [0.29, 0.717) is 53.7 Å². The van der Waals surface area contributed by atoms with Crippen LogP contribution in [0.3, 0.4) is 0 Å². The van der Waals surface area contributed by atoms with E-state index in [1.54, 1.807) is 28.4 Å². The summed E-state index contributed by atoms with van der Waals surface area (Å²) in [5, 5.41) is 14.9. The number of aliphatic hydroxyl groups excluding tert-OH is 1. The molecule has 4 aliphatic carbocycles. The normalized spacial score (nSPS) is 21.4. The smallest absolute Gasteiger partial charge is 0.213 e. The van der Waals surface area contributed by atoms with E-state index >= 15 is 0 Å². The topological polar surface area (TPSA) is 255 Å². The monoisotopic (exact) mass is 1270 g/mol. The third-order valence-electron chi connectivity index (χ3n) is 22.1. The minimum atomic E-state index is -0.283. The molecular formula is C73H94N16O5. The van der Waals surface area contributed by atoms with Crippen molar-refractivity contribution < 1.29 is 24.1 Å². The highest BCUT2D eigenvalue weighted by atomic mass is 16.5. The molecule has 94 heavy (non-hydrogen) atoms. The van der Waals surface area contributed by atoms with Crippen LogP contribution in [0.25, 0.3) is 55.5 Å². The molecule has 0 radical (unpaired) electrons. The molecule has 8 unspecified atom stereocenters. The first-order valence-electron chi connectivity index (χ1n) is 34.9. The van der Waals surface area contributed by atoms with Gasteiger partial charge < -0.3 is 48.1 Å². The van der Waals surface area contributed by atoms with Crippen molar-refractivity contribution in [3.8, 4) is 68.5 Å². The van der Waals surface area contributed by atoms with Crippen LogP contribution < -0.4 is 24.7 Å². The van der Waals surface area contributed by atoms with Gasteiger partial charge in [-0.05, 0) is 104 Å². The predicted molar refractivity (Wildman–Crippen MR) is 361 cm³/mol. The average Bonchev–Trinajstić information content (AvgIpc) is 1.64. The summed E-state index contributed by atoms with van der Waals surface area (Å²) in [6.07, 6.45) is 44.1. The summed E-state index contributed by atoms with van der Waals surface area (Å²) in [5.41, 5.74) is 28.9. The van der Waals surface area contributed by atoms with Crippen LogP contribution in [-0.4, -0.2) is 110 Å². The van der Waals surface area contributed by atoms with Crippen molar-refractivity contribution in [1.29, 1.82) is 0 Å². The maximum Gasteiger partial charge on any atom is 0.213 e. The Kier molecular flexibility index (Phi) is 20.4. The average molecular weight is 1280 g/mol. The van der Waals surface area contributed by atoms with E-state index in [2.05, 4.69) is 72.3 Å². The molecule has 496 valence electrons. The fourth-order valence-electron chi connectivity index (χ4n) is 17.0. The quantitative estimate of drug-likeness (QED) is 0.0488. The van der Waals surface area contributed by atoms with Crippen LogP contribution in [0.2, 0.25) is 0 Å². The largest absolute Gasteiger partial charge is 0.481 e. The van der Waals surface area contributed by atoms with Gasteiger partial charge in [0.25, 0.3) is 0 Å². The summed E-state index contributed by atoms with van der Waals surface area (Å²) < 4.78 is 30.1. The van der Waals surface area contributed by atoms with E-state index in [0.717, 1.165) is 113 Å². The fraction of sp³-hybridized carbons (Fsp3) is 0.562. The minimum Gasteiger partial charge on any atom is -0.481 e. The zero-order chi connectivity index (χ0) is 64.7. The third-order valence-corrected chi connectivity index (χ3v) is 22.1. The second-order valence-electron chi connectivity index (χ2n) is 27.5. The van der Waals surface area contributed by atoms with Crippen molar-refractivity contribution in [2.24, 2.45) is 40.4 Å². The number of hydrogen-bond acceptors (Lipinski definition) is 15. The SMILES string of the molecule is COc1ccc2c(n1)C(CC(C)C1CCCCC1)n1cncc1-2.COc1ccc2c(n1)C(CC(N)C1CCCCC1)n1cncc1-2.COc1ccc2c(n1)C(CC(N=[N+]=[N-])C1CCCCC1)n1cncc1-2.COc1ccc2c(n1)C(CC(O)C1CCCCC1)n1cncc1-2. The standard InChI is InChI=1S/C19H25N3O.C18H22N6O.C18H24N4O.C18H23N3O2/c1-13(14-6-4-3-5-7-14)10-16-19-15(8-9-18(21-19)23-2)17-11-20-12-22(16)17;1-25-17-8-7-13-16-10-20-11-24(16)15(18(13)21-17)9-14(22-23-19)12-5-3-2-4-6-12;1-23-17-8-7-13-16-10-20-11-22(16)15(18(13)21-17)9-14(19)12-5-3-2-4-6-12;1-23-17-8-7-13-15-10-19-11-21(15)14(18(13)20-17)9-16(22)12-5-3-2-4-6-12/h8-9,11-14,16H,3-7,10H2,1-2H3;7-8,10-12,14-15H,2-6,9H2,1H3;7-8,10-12,14-15H,2-6,9,19H2,1H3;7-8,10-12,14,16,22H,2-6,9H2,1H3. The van der Waals surface area contributed by atoms with Crippen molar-refractivity contribution in [2.45, 2.75) is 203 Å². The van der Waals surface area contributed by atoms with Gasteiger partial charge in [0.05, 0.1) is 154 Å². The van der Waals surface area contributed by atoms with Gasteiger partial charge in [-0.25, -0.2) is 39.9 Å². The molecule has 0 spiro atoms. The number of imidazole rings is 4. The van der Waals surface area contributed by atoms with Crippen molar-refractivity contribution >= 4 is 0 Å². The molecule has 21 heteroatoms. The Balaban J connectivity index is 0.000000114. The summed E-state index contributed by atoms with van der Waals surface area (Å²) in [6.45, 7) is 2.42. The molecule has 21 nitrogen and oxygen atoms in total. The number of nitrogens with zero attached hydrogens (tertiary/aromatic N) is 15. The molecule has 4 aliphatic heterocycles. The van der Waals surface area contributed by atoms with E-state index in [4.69, 9.17) is 45.2 Å². The van der Waals surface area contributed by atoms with Crippen LogP contribution in [0.5, 0.6) is 23.5 Å². The van der Waals surface area contributed by atoms with Crippen LogP contribution in [0.15, 0.2) is 104 Å². The van der Waals surface area contributed by atoms with Gasteiger partial charge in [0.2, 0.25) is 23.5 Å². The number of hydrogen-bond donors (Lipinski definition) is 2. The Bertz CT molecular complexity index is 3580. The number of aromatic nitrogens is 12. The molecule has 0 amide bonds. The highest BCUT2D eigenvalue weighted by molar-refractivity contribution is 5.70. The maximum absolute atomic E-state index is 10.8. The van der Waals surface area contributed by atoms with Crippen LogP contribution >= 0.6 is 0 Å². The van der Waals surface area contributed by atoms with Crippen molar-refractivity contribution in [2.75, 3.05) is 28.4 Å². The Morgan fingerprint density at radius 1 is 0.447 bits per heavy atom. The summed E-state index contributed by atoms with van der Waals surface area (Å²) in [4.78, 5) is 39.2. The van der Waals surface area contributed by atoms with Crippen LogP contribution in [0.1, 0.15) is 208 Å². The van der Waals surface area contributed by atoms with Crippen molar-refractivity contribution in [3.05, 3.63) is 132 Å². The first-order chi connectivity index (χ1) is 46.1. The second-order valence-corrected chi connectivity index (χ2v) is 27.5. The Morgan fingerprint density at radius 3 is 1.13 bits per heavy atom. The number of rotatable bonds is 17. The van der Waals surface area contributed by atoms with E-state index in [1.807, 2.05) is 86.5 Å². The van der Waals surface area contributed by atoms with Gasteiger partial charge in [-0.15, -0.1) is 0 Å². The van der Waals surface area contributed by atoms with Gasteiger partial charge in [-0.1, -0.05) is 115 Å². The van der Waals surface area contributed by atoms with Crippen molar-refractivity contribution in [3.63, 3.8) is 0 Å². The number of fused-ring (bicyclic) bond motifs is 12. The Labute approximate surface area is 552 Å². The van der Waals surface area contributed by atoms with Crippen LogP contribution in [0.4, 0.5) is 0 Å². The zero-order valence-electron chi connectivity index (χ0n) is 55.5. The minimum absolute atomic E-state index is 0.00972. The molecule has 8 aliphatic rings. The van der Waals surface area contributed by atoms with Gasteiger partial charge in [0.1, 0.15) is 0 Å². The van der Waals surface area contributed by atoms with Gasteiger partial charge in [-0.3, -0.25) is 0 Å². The number of nitrogens with two attached hydrogens (primary N) is 1. The molecule has 8 aromatic rings. The molecule has 8 atom stereocenters. The Hall–Kier alpha value is -8.13. The summed E-state index contributed by atoms with van der Waals surface area (Å²) >= 11 is 0. The van der Waals surface area contributed by atoms with E-state index in [-0.39, 0.29) is 36.3 Å². The molecule has 4 fully saturated rings. The summed E-state index contributed by atoms with van der Waals surface area (Å²) in [6, 6.07) is 16.7. The summed E-state index contributed by atoms with van der Waals surface area (Å²) in [7, 11) is 6.61. The first-order valence-corrected chi connectivity index (χ1v) is 34.9. The zero-order valence-corrected chi connectivity index (χ0v) is 55.5. The molecule has 0 saturated heterocycles. The lowest BCUT2D eigenvalue weighted by molar-refractivity contribution is 0.0682. The lowest BCUT2D eigenvalue weighted by atomic mass is 9.78. The number of ether oxygens (including phenoxy) is 4. The molecule has 3 N–H and O–H groups in total. The molecule has 8 aromatic heterocycles. The lowest BCUT2D eigenvalue weighted by Crippen LogP contribution is -2.34. The molecule has 4 saturated carbocycles.